The Morgan fingerprint density at radius 1 is 1.39 bits per heavy atom. The molecule has 1 aromatic heterocycles. The Bertz CT molecular complexity index is 589. The summed E-state index contributed by atoms with van der Waals surface area (Å²) in [6, 6.07) is 8.45. The number of rotatable bonds is 1. The average molecular weight is 306 g/mol. The van der Waals surface area contributed by atoms with Crippen molar-refractivity contribution in [2.45, 2.75) is 32.4 Å². The van der Waals surface area contributed by atoms with E-state index in [-0.39, 0.29) is 6.04 Å². The Kier molecular flexibility index (Phi) is 2.99. The van der Waals surface area contributed by atoms with Crippen molar-refractivity contribution in [3.63, 3.8) is 0 Å². The Balaban J connectivity index is 2.17. The molecule has 0 amide bonds. The van der Waals surface area contributed by atoms with E-state index in [0.717, 1.165) is 40.9 Å². The van der Waals surface area contributed by atoms with Gasteiger partial charge in [-0.2, -0.15) is 0 Å². The molecule has 2 heterocycles. The Hall–Kier alpha value is -1.13. The van der Waals surface area contributed by atoms with Crippen LogP contribution in [0.5, 0.6) is 0 Å². The number of aryl methyl sites for hydroxylation is 1. The summed E-state index contributed by atoms with van der Waals surface area (Å²) in [6.07, 6.45) is 2.09. The molecule has 3 rings (SSSR count). The highest BCUT2D eigenvalue weighted by atomic mass is 79.9. The van der Waals surface area contributed by atoms with Crippen LogP contribution in [0, 0.1) is 6.92 Å². The first-order valence-corrected chi connectivity index (χ1v) is 7.02. The van der Waals surface area contributed by atoms with Gasteiger partial charge in [-0.15, -0.1) is 0 Å². The number of nitrogens with zero attached hydrogens (tertiary/aromatic N) is 2. The molecular weight excluding hydrogens is 290 g/mol. The molecule has 0 saturated heterocycles. The lowest BCUT2D eigenvalue weighted by Gasteiger charge is -2.23. The monoisotopic (exact) mass is 305 g/mol. The fourth-order valence-corrected chi connectivity index (χ4v) is 3.08. The van der Waals surface area contributed by atoms with Crippen molar-refractivity contribution < 1.29 is 0 Å². The average Bonchev–Trinajstić information content (AvgIpc) is 2.67. The van der Waals surface area contributed by atoms with Crippen molar-refractivity contribution in [1.29, 1.82) is 0 Å². The molecule has 1 aromatic carbocycles. The fourth-order valence-electron chi connectivity index (χ4n) is 2.62. The maximum atomic E-state index is 6.08. The predicted molar refractivity (Wildman–Crippen MR) is 76.4 cm³/mol. The summed E-state index contributed by atoms with van der Waals surface area (Å²) >= 11 is 3.60. The van der Waals surface area contributed by atoms with Gasteiger partial charge >= 0.3 is 0 Å². The summed E-state index contributed by atoms with van der Waals surface area (Å²) in [4.78, 5) is 4.74. The zero-order valence-corrected chi connectivity index (χ0v) is 11.9. The summed E-state index contributed by atoms with van der Waals surface area (Å²) < 4.78 is 3.36. The van der Waals surface area contributed by atoms with Gasteiger partial charge in [0.05, 0.1) is 5.69 Å². The third-order valence-electron chi connectivity index (χ3n) is 3.56. The molecule has 4 heteroatoms. The number of fused-ring (bicyclic) bond motifs is 1. The van der Waals surface area contributed by atoms with Gasteiger partial charge in [-0.1, -0.05) is 34.1 Å². The molecule has 1 aliphatic rings. The van der Waals surface area contributed by atoms with Crippen LogP contribution < -0.4 is 5.73 Å². The molecule has 1 aliphatic heterocycles. The minimum atomic E-state index is 0.243. The second-order valence-corrected chi connectivity index (χ2v) is 5.71. The zero-order chi connectivity index (χ0) is 12.7. The highest BCUT2D eigenvalue weighted by Crippen LogP contribution is 2.31. The molecule has 0 aliphatic carbocycles. The van der Waals surface area contributed by atoms with Crippen LogP contribution in [-0.4, -0.2) is 15.6 Å². The van der Waals surface area contributed by atoms with Crippen LogP contribution in [0.25, 0.3) is 11.4 Å². The Morgan fingerprint density at radius 3 is 2.94 bits per heavy atom. The van der Waals surface area contributed by atoms with Crippen LogP contribution in [0.1, 0.15) is 17.8 Å². The van der Waals surface area contributed by atoms with Crippen LogP contribution in [0.15, 0.2) is 28.7 Å². The number of nitrogens with two attached hydrogens (primary N) is 1. The van der Waals surface area contributed by atoms with E-state index in [1.807, 2.05) is 12.1 Å². The molecule has 0 saturated carbocycles. The SMILES string of the molecule is Cc1nc(-c2ccccc2Br)n2c1CCC(N)C2. The van der Waals surface area contributed by atoms with Gasteiger partial charge in [0.2, 0.25) is 0 Å². The third kappa shape index (κ3) is 1.89. The molecule has 0 radical (unpaired) electrons. The Morgan fingerprint density at radius 2 is 2.17 bits per heavy atom. The van der Waals surface area contributed by atoms with E-state index in [4.69, 9.17) is 10.7 Å². The topological polar surface area (TPSA) is 43.8 Å². The number of aromatic nitrogens is 2. The van der Waals surface area contributed by atoms with Gasteiger partial charge in [0, 0.05) is 28.3 Å². The fraction of sp³-hybridized carbons (Fsp3) is 0.357. The number of hydrogen-bond acceptors (Lipinski definition) is 2. The van der Waals surface area contributed by atoms with Crippen LogP contribution in [0.3, 0.4) is 0 Å². The molecule has 2 aromatic rings. The lowest BCUT2D eigenvalue weighted by atomic mass is 10.0. The zero-order valence-electron chi connectivity index (χ0n) is 10.4. The standard InChI is InChI=1S/C14H16BrN3/c1-9-13-7-6-10(16)8-18(13)14(17-9)11-4-2-3-5-12(11)15/h2-5,10H,6-8,16H2,1H3. The van der Waals surface area contributed by atoms with E-state index >= 15 is 0 Å². The van der Waals surface area contributed by atoms with E-state index in [1.165, 1.54) is 5.69 Å². The van der Waals surface area contributed by atoms with E-state index in [0.29, 0.717) is 0 Å². The maximum absolute atomic E-state index is 6.08. The molecule has 1 atom stereocenters. The van der Waals surface area contributed by atoms with E-state index in [1.54, 1.807) is 0 Å². The van der Waals surface area contributed by atoms with Gasteiger partial charge in [-0.25, -0.2) is 4.98 Å². The molecule has 94 valence electrons. The quantitative estimate of drug-likeness (QED) is 0.880. The number of hydrogen-bond donors (Lipinski definition) is 1. The minimum Gasteiger partial charge on any atom is -0.326 e. The smallest absolute Gasteiger partial charge is 0.141 e. The Labute approximate surface area is 115 Å². The van der Waals surface area contributed by atoms with E-state index < -0.39 is 0 Å². The second kappa shape index (κ2) is 4.52. The van der Waals surface area contributed by atoms with Gasteiger partial charge in [-0.3, -0.25) is 0 Å². The summed E-state index contributed by atoms with van der Waals surface area (Å²) in [5.74, 6) is 1.03. The molecule has 1 unspecified atom stereocenters. The normalized spacial score (nSPS) is 18.7. The van der Waals surface area contributed by atoms with E-state index in [2.05, 4.69) is 39.6 Å². The summed E-state index contributed by atoms with van der Waals surface area (Å²) in [6.45, 7) is 2.95. The second-order valence-electron chi connectivity index (χ2n) is 4.86. The summed E-state index contributed by atoms with van der Waals surface area (Å²) in [5.41, 5.74) is 9.69. The highest BCUT2D eigenvalue weighted by Gasteiger charge is 2.22. The lowest BCUT2D eigenvalue weighted by Crippen LogP contribution is -2.32. The molecule has 2 N–H and O–H groups in total. The minimum absolute atomic E-state index is 0.243. The van der Waals surface area contributed by atoms with Crippen molar-refractivity contribution in [1.82, 2.24) is 9.55 Å². The first-order chi connectivity index (χ1) is 8.66. The van der Waals surface area contributed by atoms with Gasteiger partial charge in [0.15, 0.2) is 0 Å². The number of imidazole rings is 1. The summed E-state index contributed by atoms with van der Waals surface area (Å²) in [5, 5.41) is 0. The number of halogens is 1. The largest absolute Gasteiger partial charge is 0.326 e. The summed E-state index contributed by atoms with van der Waals surface area (Å²) in [7, 11) is 0. The van der Waals surface area contributed by atoms with Gasteiger partial charge in [0.25, 0.3) is 0 Å². The van der Waals surface area contributed by atoms with E-state index in [9.17, 15) is 0 Å². The van der Waals surface area contributed by atoms with Gasteiger partial charge in [-0.05, 0) is 25.8 Å². The molecule has 0 bridgehead atoms. The predicted octanol–water partition coefficient (Wildman–Crippen LogP) is 2.89. The molecule has 18 heavy (non-hydrogen) atoms. The first-order valence-electron chi connectivity index (χ1n) is 6.23. The third-order valence-corrected chi connectivity index (χ3v) is 4.25. The van der Waals surface area contributed by atoms with Crippen LogP contribution in [0.4, 0.5) is 0 Å². The van der Waals surface area contributed by atoms with Crippen molar-refractivity contribution in [2.24, 2.45) is 5.73 Å². The van der Waals surface area contributed by atoms with Crippen molar-refractivity contribution in [3.8, 4) is 11.4 Å². The molecule has 0 fully saturated rings. The molecular formula is C14H16BrN3. The molecule has 3 nitrogen and oxygen atoms in total. The van der Waals surface area contributed by atoms with Crippen LogP contribution in [-0.2, 0) is 13.0 Å². The van der Waals surface area contributed by atoms with Crippen molar-refractivity contribution >= 4 is 15.9 Å². The van der Waals surface area contributed by atoms with Crippen LogP contribution >= 0.6 is 15.9 Å². The van der Waals surface area contributed by atoms with Gasteiger partial charge in [0.1, 0.15) is 5.82 Å². The highest BCUT2D eigenvalue weighted by molar-refractivity contribution is 9.10. The van der Waals surface area contributed by atoms with Crippen LogP contribution in [0.2, 0.25) is 0 Å². The number of benzene rings is 1. The molecule has 0 spiro atoms. The van der Waals surface area contributed by atoms with Crippen molar-refractivity contribution in [3.05, 3.63) is 40.1 Å². The first kappa shape index (κ1) is 11.9. The lowest BCUT2D eigenvalue weighted by molar-refractivity contribution is 0.462. The van der Waals surface area contributed by atoms with Crippen molar-refractivity contribution in [2.75, 3.05) is 0 Å². The van der Waals surface area contributed by atoms with Gasteiger partial charge < -0.3 is 10.3 Å². The maximum Gasteiger partial charge on any atom is 0.141 e.